The van der Waals surface area contributed by atoms with Crippen LogP contribution in [0.5, 0.6) is 0 Å². The largest absolute Gasteiger partial charge is 0.383 e. The van der Waals surface area contributed by atoms with Gasteiger partial charge in [0, 0.05) is 19.5 Å². The summed E-state index contributed by atoms with van der Waals surface area (Å²) in [4.78, 5) is 9.00. The molecule has 0 saturated heterocycles. The van der Waals surface area contributed by atoms with Crippen LogP contribution in [-0.2, 0) is 19.5 Å². The third kappa shape index (κ3) is 2.03. The molecule has 0 saturated carbocycles. The van der Waals surface area contributed by atoms with E-state index >= 15 is 0 Å². The van der Waals surface area contributed by atoms with Crippen molar-refractivity contribution < 1.29 is 0 Å². The summed E-state index contributed by atoms with van der Waals surface area (Å²) >= 11 is 0. The highest BCUT2D eigenvalue weighted by Gasteiger charge is 2.23. The third-order valence-corrected chi connectivity index (χ3v) is 3.88. The fourth-order valence-electron chi connectivity index (χ4n) is 2.81. The second kappa shape index (κ2) is 4.72. The van der Waals surface area contributed by atoms with Crippen LogP contribution in [0.15, 0.2) is 12.5 Å². The van der Waals surface area contributed by atoms with Crippen molar-refractivity contribution in [3.63, 3.8) is 0 Å². The first kappa shape index (κ1) is 12.3. The Labute approximate surface area is 113 Å². The molecular weight excluding hydrogens is 238 g/mol. The molecule has 2 aromatic rings. The van der Waals surface area contributed by atoms with E-state index in [-0.39, 0.29) is 0 Å². The van der Waals surface area contributed by atoms with Crippen LogP contribution in [0.25, 0.3) is 11.4 Å². The van der Waals surface area contributed by atoms with Crippen LogP contribution in [0.3, 0.4) is 0 Å². The molecule has 0 radical (unpaired) electrons. The van der Waals surface area contributed by atoms with Crippen molar-refractivity contribution in [3.8, 4) is 11.4 Å². The van der Waals surface area contributed by atoms with E-state index < -0.39 is 0 Å². The van der Waals surface area contributed by atoms with Crippen molar-refractivity contribution in [1.29, 1.82) is 0 Å². The van der Waals surface area contributed by atoms with Crippen molar-refractivity contribution in [1.82, 2.24) is 19.1 Å². The third-order valence-electron chi connectivity index (χ3n) is 3.88. The lowest BCUT2D eigenvalue weighted by Crippen LogP contribution is -2.18. The molecule has 3 heterocycles. The number of aromatic nitrogens is 4. The average molecular weight is 259 g/mol. The highest BCUT2D eigenvalue weighted by atomic mass is 15.2. The van der Waals surface area contributed by atoms with Gasteiger partial charge in [-0.15, -0.1) is 0 Å². The number of imidazole rings is 2. The van der Waals surface area contributed by atoms with Crippen LogP contribution >= 0.6 is 0 Å². The Hall–Kier alpha value is -1.78. The second-order valence-electron chi connectivity index (χ2n) is 5.48. The number of nitrogens with two attached hydrogens (primary N) is 1. The maximum absolute atomic E-state index is 6.29. The predicted molar refractivity (Wildman–Crippen MR) is 75.6 cm³/mol. The van der Waals surface area contributed by atoms with Gasteiger partial charge in [-0.1, -0.05) is 13.8 Å². The molecular formula is C14H21N5. The zero-order chi connectivity index (χ0) is 13.4. The molecule has 0 fully saturated rings. The molecule has 1 aliphatic rings. The van der Waals surface area contributed by atoms with Gasteiger partial charge in [0.15, 0.2) is 0 Å². The number of rotatable bonds is 3. The fraction of sp³-hybridized carbons (Fsp3) is 0.571. The van der Waals surface area contributed by atoms with Crippen molar-refractivity contribution in [2.75, 3.05) is 5.73 Å². The maximum Gasteiger partial charge on any atom is 0.133 e. The van der Waals surface area contributed by atoms with Gasteiger partial charge in [-0.25, -0.2) is 9.97 Å². The summed E-state index contributed by atoms with van der Waals surface area (Å²) in [6, 6.07) is 0. The molecule has 2 N–H and O–H groups in total. The van der Waals surface area contributed by atoms with E-state index in [1.54, 1.807) is 0 Å². The van der Waals surface area contributed by atoms with Gasteiger partial charge in [0.25, 0.3) is 0 Å². The van der Waals surface area contributed by atoms with Crippen molar-refractivity contribution in [2.45, 2.75) is 46.2 Å². The summed E-state index contributed by atoms with van der Waals surface area (Å²) < 4.78 is 4.30. The summed E-state index contributed by atoms with van der Waals surface area (Å²) in [6.07, 6.45) is 7.00. The summed E-state index contributed by atoms with van der Waals surface area (Å²) in [7, 11) is 0. The zero-order valence-electron chi connectivity index (χ0n) is 11.6. The van der Waals surface area contributed by atoms with Gasteiger partial charge in [0.05, 0.1) is 18.2 Å². The van der Waals surface area contributed by atoms with Gasteiger partial charge in [-0.2, -0.15) is 0 Å². The van der Waals surface area contributed by atoms with Crippen molar-refractivity contribution in [2.24, 2.45) is 5.92 Å². The van der Waals surface area contributed by atoms with Crippen LogP contribution in [-0.4, -0.2) is 19.1 Å². The SMILES string of the molecule is CCCn1cncc1-c1nc2n(c1N)CCC(C)C2. The summed E-state index contributed by atoms with van der Waals surface area (Å²) in [6.45, 7) is 6.37. The van der Waals surface area contributed by atoms with E-state index in [4.69, 9.17) is 10.7 Å². The summed E-state index contributed by atoms with van der Waals surface area (Å²) in [5, 5.41) is 0. The monoisotopic (exact) mass is 259 g/mol. The van der Waals surface area contributed by atoms with E-state index in [0.717, 1.165) is 49.0 Å². The Morgan fingerprint density at radius 2 is 2.32 bits per heavy atom. The Morgan fingerprint density at radius 1 is 1.47 bits per heavy atom. The van der Waals surface area contributed by atoms with Gasteiger partial charge in [0.1, 0.15) is 17.3 Å². The molecule has 0 amide bonds. The summed E-state index contributed by atoms with van der Waals surface area (Å²) in [5.74, 6) is 2.61. The highest BCUT2D eigenvalue weighted by Crippen LogP contribution is 2.30. The highest BCUT2D eigenvalue weighted by molar-refractivity contribution is 5.68. The number of aryl methyl sites for hydroxylation is 1. The number of anilines is 1. The van der Waals surface area contributed by atoms with Crippen LogP contribution in [0.2, 0.25) is 0 Å². The van der Waals surface area contributed by atoms with Crippen LogP contribution < -0.4 is 5.73 Å². The number of fused-ring (bicyclic) bond motifs is 1. The van der Waals surface area contributed by atoms with Crippen LogP contribution in [0.1, 0.15) is 32.5 Å². The molecule has 2 aromatic heterocycles. The van der Waals surface area contributed by atoms with Gasteiger partial charge < -0.3 is 14.9 Å². The topological polar surface area (TPSA) is 61.7 Å². The first-order chi connectivity index (χ1) is 9.20. The quantitative estimate of drug-likeness (QED) is 0.920. The molecule has 1 atom stereocenters. The van der Waals surface area contributed by atoms with E-state index in [2.05, 4.69) is 28.0 Å². The van der Waals surface area contributed by atoms with E-state index in [1.807, 2.05) is 12.5 Å². The fourth-order valence-corrected chi connectivity index (χ4v) is 2.81. The molecule has 1 unspecified atom stereocenters. The first-order valence-corrected chi connectivity index (χ1v) is 7.06. The van der Waals surface area contributed by atoms with Crippen LogP contribution in [0.4, 0.5) is 5.82 Å². The minimum atomic E-state index is 0.697. The normalized spacial score (nSPS) is 18.5. The van der Waals surface area contributed by atoms with Crippen molar-refractivity contribution >= 4 is 5.82 Å². The average Bonchev–Trinajstić information content (AvgIpc) is 2.95. The number of hydrogen-bond donors (Lipinski definition) is 1. The molecule has 0 aliphatic carbocycles. The van der Waals surface area contributed by atoms with Gasteiger partial charge in [0.2, 0.25) is 0 Å². The number of hydrogen-bond acceptors (Lipinski definition) is 3. The van der Waals surface area contributed by atoms with E-state index in [1.165, 1.54) is 6.42 Å². The number of nitrogen functional groups attached to an aromatic ring is 1. The lowest BCUT2D eigenvalue weighted by molar-refractivity contribution is 0.412. The molecule has 5 heteroatoms. The Morgan fingerprint density at radius 3 is 3.11 bits per heavy atom. The van der Waals surface area contributed by atoms with Crippen molar-refractivity contribution in [3.05, 3.63) is 18.3 Å². The maximum atomic E-state index is 6.29. The molecule has 102 valence electrons. The van der Waals surface area contributed by atoms with Gasteiger partial charge in [-0.05, 0) is 18.8 Å². The molecule has 0 aromatic carbocycles. The molecule has 1 aliphatic heterocycles. The van der Waals surface area contributed by atoms with E-state index in [9.17, 15) is 0 Å². The smallest absolute Gasteiger partial charge is 0.133 e. The van der Waals surface area contributed by atoms with Gasteiger partial charge >= 0.3 is 0 Å². The predicted octanol–water partition coefficient (Wildman–Crippen LogP) is 2.32. The lowest BCUT2D eigenvalue weighted by atomic mass is 10.0. The molecule has 5 nitrogen and oxygen atoms in total. The molecule has 19 heavy (non-hydrogen) atoms. The molecule has 0 spiro atoms. The Kier molecular flexibility index (Phi) is 3.05. The second-order valence-corrected chi connectivity index (χ2v) is 5.48. The summed E-state index contributed by atoms with van der Waals surface area (Å²) in [5.41, 5.74) is 8.22. The van der Waals surface area contributed by atoms with Gasteiger partial charge in [-0.3, -0.25) is 0 Å². The lowest BCUT2D eigenvalue weighted by Gasteiger charge is -2.20. The molecule has 3 rings (SSSR count). The Bertz CT molecular complexity index is 581. The standard InChI is InChI=1S/C14H21N5/c1-3-5-18-9-16-8-11(18)13-14(15)19-6-4-10(2)7-12(19)17-13/h8-10H,3-7,15H2,1-2H3. The Balaban J connectivity index is 2.04. The van der Waals surface area contributed by atoms with Crippen LogP contribution in [0, 0.1) is 5.92 Å². The minimum absolute atomic E-state index is 0.697. The first-order valence-electron chi connectivity index (χ1n) is 7.06. The zero-order valence-corrected chi connectivity index (χ0v) is 11.6. The van der Waals surface area contributed by atoms with E-state index in [0.29, 0.717) is 5.92 Å². The minimum Gasteiger partial charge on any atom is -0.383 e. The number of nitrogens with zero attached hydrogens (tertiary/aromatic N) is 4. The molecule has 0 bridgehead atoms.